The molecule has 0 bridgehead atoms. The molecule has 0 aromatic rings. The Morgan fingerprint density at radius 2 is 1.50 bits per heavy atom. The van der Waals surface area contributed by atoms with Crippen molar-refractivity contribution < 1.29 is 13.0 Å². The Labute approximate surface area is 37.7 Å². The minimum absolute atomic E-state index is 0. The molecule has 0 aliphatic carbocycles. The average Bonchev–Trinajstić information content (AvgIpc) is 0.722. The molecule has 3 nitrogen and oxygen atoms in total. The molecule has 0 atom stereocenters. The van der Waals surface area contributed by atoms with Gasteiger partial charge < -0.3 is 0 Å². The van der Waals surface area contributed by atoms with Crippen LogP contribution in [-0.2, 0) is 10.1 Å². The van der Waals surface area contributed by atoms with Crippen molar-refractivity contribution >= 4 is 10.1 Å². The molecule has 0 aromatic heterocycles. The van der Waals surface area contributed by atoms with Gasteiger partial charge in [0.15, 0.2) is 0 Å². The van der Waals surface area contributed by atoms with Crippen molar-refractivity contribution in [2.24, 2.45) is 0 Å². The highest BCUT2D eigenvalue weighted by atomic mass is 32.2. The van der Waals surface area contributed by atoms with Gasteiger partial charge in [-0.15, -0.1) is 0 Å². The third kappa shape index (κ3) is 4090. The van der Waals surface area contributed by atoms with E-state index in [4.69, 9.17) is 4.55 Å². The third-order valence-corrected chi connectivity index (χ3v) is 0. The van der Waals surface area contributed by atoms with Crippen molar-refractivity contribution in [1.82, 2.24) is 0 Å². The maximum Gasteiger partial charge on any atom is 0.261 e. The molecule has 0 unspecified atom stereocenters. The SMILES string of the molecule is C.CS(=O)(=O)O. The molecule has 0 aromatic carbocycles. The molecule has 6 heavy (non-hydrogen) atoms. The van der Waals surface area contributed by atoms with Gasteiger partial charge in [-0.3, -0.25) is 4.55 Å². The van der Waals surface area contributed by atoms with E-state index in [0.717, 1.165) is 0 Å². The predicted octanol–water partition coefficient (Wildman–Crippen LogP) is 0.140. The van der Waals surface area contributed by atoms with Gasteiger partial charge in [-0.25, -0.2) is 0 Å². The van der Waals surface area contributed by atoms with E-state index >= 15 is 0 Å². The zero-order valence-electron chi connectivity index (χ0n) is 2.67. The minimum atomic E-state index is -3.67. The van der Waals surface area contributed by atoms with Crippen LogP contribution in [0.15, 0.2) is 0 Å². The summed E-state index contributed by atoms with van der Waals surface area (Å²) in [5.74, 6) is 0. The standard InChI is InChI=1S/CH4O3S.CH4/c1-5(2,3)4;/h1H3,(H,2,3,4);1H4. The molecule has 0 rings (SSSR count). The fourth-order valence-corrected chi connectivity index (χ4v) is 0. The van der Waals surface area contributed by atoms with E-state index in [1.54, 1.807) is 0 Å². The van der Waals surface area contributed by atoms with Gasteiger partial charge >= 0.3 is 0 Å². The van der Waals surface area contributed by atoms with Crippen LogP contribution < -0.4 is 0 Å². The molecular weight excluding hydrogens is 104 g/mol. The molecule has 40 valence electrons. The van der Waals surface area contributed by atoms with Crippen LogP contribution in [0.1, 0.15) is 7.43 Å². The second-order valence-electron chi connectivity index (χ2n) is 0.733. The van der Waals surface area contributed by atoms with Gasteiger partial charge in [-0.2, -0.15) is 8.42 Å². The molecule has 0 aliphatic heterocycles. The summed E-state index contributed by atoms with van der Waals surface area (Å²) in [5, 5.41) is 0. The smallest absolute Gasteiger partial charge is 0.261 e. The van der Waals surface area contributed by atoms with Crippen LogP contribution in [0.4, 0.5) is 0 Å². The Morgan fingerprint density at radius 3 is 1.50 bits per heavy atom. The van der Waals surface area contributed by atoms with Gasteiger partial charge in [0.25, 0.3) is 10.1 Å². The van der Waals surface area contributed by atoms with Crippen LogP contribution in [0.3, 0.4) is 0 Å². The first-order chi connectivity index (χ1) is 2.00. The predicted molar refractivity (Wildman–Crippen MR) is 24.2 cm³/mol. The molecule has 1 N–H and O–H groups in total. The van der Waals surface area contributed by atoms with Crippen LogP contribution in [0, 0.1) is 0 Å². The molecule has 0 heterocycles. The van der Waals surface area contributed by atoms with E-state index in [-0.39, 0.29) is 7.43 Å². The molecule has 0 saturated carbocycles. The topological polar surface area (TPSA) is 54.4 Å². The lowest BCUT2D eigenvalue weighted by Crippen LogP contribution is -1.88. The van der Waals surface area contributed by atoms with E-state index in [1.807, 2.05) is 0 Å². The van der Waals surface area contributed by atoms with E-state index in [0.29, 0.717) is 6.26 Å². The molecule has 4 heteroatoms. The normalized spacial score (nSPS) is 9.67. The van der Waals surface area contributed by atoms with Gasteiger partial charge in [-0.1, -0.05) is 7.43 Å². The summed E-state index contributed by atoms with van der Waals surface area (Å²) in [7, 11) is -3.67. The third-order valence-electron chi connectivity index (χ3n) is 0. The van der Waals surface area contributed by atoms with Gasteiger partial charge in [0.05, 0.1) is 6.26 Å². The zero-order chi connectivity index (χ0) is 4.50. The lowest BCUT2D eigenvalue weighted by atomic mass is 12.0. The molecule has 0 spiro atoms. The highest BCUT2D eigenvalue weighted by Crippen LogP contribution is 1.60. The first-order valence-electron chi connectivity index (χ1n) is 0.924. The van der Waals surface area contributed by atoms with E-state index < -0.39 is 10.1 Å². The molecule has 0 fully saturated rings. The summed E-state index contributed by atoms with van der Waals surface area (Å²) in [6.45, 7) is 0. The monoisotopic (exact) mass is 112 g/mol. The second-order valence-corrected chi connectivity index (χ2v) is 2.20. The van der Waals surface area contributed by atoms with Gasteiger partial charge in [0.2, 0.25) is 0 Å². The Hall–Kier alpha value is -0.0900. The van der Waals surface area contributed by atoms with Crippen molar-refractivity contribution in [2.75, 3.05) is 6.26 Å². The fraction of sp³-hybridized carbons (Fsp3) is 1.00. The van der Waals surface area contributed by atoms with Gasteiger partial charge in [0, 0.05) is 0 Å². The Balaban J connectivity index is 0. The Kier molecular flexibility index (Phi) is 3.34. The Bertz CT molecular complexity index is 92.0. The van der Waals surface area contributed by atoms with Gasteiger partial charge in [0.1, 0.15) is 0 Å². The zero-order valence-corrected chi connectivity index (χ0v) is 3.49. The van der Waals surface area contributed by atoms with Crippen molar-refractivity contribution in [3.8, 4) is 0 Å². The van der Waals surface area contributed by atoms with Crippen molar-refractivity contribution in [2.45, 2.75) is 7.43 Å². The highest BCUT2D eigenvalue weighted by Gasteiger charge is 1.81. The summed E-state index contributed by atoms with van der Waals surface area (Å²) in [6.07, 6.45) is 0.715. The average molecular weight is 112 g/mol. The van der Waals surface area contributed by atoms with E-state index in [1.165, 1.54) is 0 Å². The molecule has 0 aliphatic rings. The first kappa shape index (κ1) is 9.32. The van der Waals surface area contributed by atoms with E-state index in [2.05, 4.69) is 0 Å². The van der Waals surface area contributed by atoms with Crippen LogP contribution in [0.25, 0.3) is 0 Å². The first-order valence-corrected chi connectivity index (χ1v) is 2.77. The number of rotatable bonds is 0. The second kappa shape index (κ2) is 2.15. The summed E-state index contributed by atoms with van der Waals surface area (Å²) in [4.78, 5) is 0. The van der Waals surface area contributed by atoms with Crippen LogP contribution in [-0.4, -0.2) is 19.2 Å². The lowest BCUT2D eigenvalue weighted by molar-refractivity contribution is 0.490. The van der Waals surface area contributed by atoms with Crippen molar-refractivity contribution in [1.29, 1.82) is 0 Å². The van der Waals surface area contributed by atoms with Crippen LogP contribution in [0.5, 0.6) is 0 Å². The molecule has 0 radical (unpaired) electrons. The largest absolute Gasteiger partial charge is 0.286 e. The van der Waals surface area contributed by atoms with Crippen LogP contribution >= 0.6 is 0 Å². The summed E-state index contributed by atoms with van der Waals surface area (Å²) in [5.41, 5.74) is 0. The highest BCUT2D eigenvalue weighted by molar-refractivity contribution is 7.85. The maximum absolute atomic E-state index is 9.19. The molecular formula is C2H8O3S. The van der Waals surface area contributed by atoms with Crippen molar-refractivity contribution in [3.05, 3.63) is 0 Å². The van der Waals surface area contributed by atoms with Crippen molar-refractivity contribution in [3.63, 3.8) is 0 Å². The fourth-order valence-electron chi connectivity index (χ4n) is 0. The van der Waals surface area contributed by atoms with Crippen LogP contribution in [0.2, 0.25) is 0 Å². The number of hydrogen-bond donors (Lipinski definition) is 1. The van der Waals surface area contributed by atoms with E-state index in [9.17, 15) is 8.42 Å². The maximum atomic E-state index is 9.19. The summed E-state index contributed by atoms with van der Waals surface area (Å²) < 4.78 is 25.9. The summed E-state index contributed by atoms with van der Waals surface area (Å²) in [6, 6.07) is 0. The quantitative estimate of drug-likeness (QED) is 0.453. The van der Waals surface area contributed by atoms with Gasteiger partial charge in [-0.05, 0) is 0 Å². The lowest BCUT2D eigenvalue weighted by Gasteiger charge is -1.69. The molecule has 0 saturated heterocycles. The Morgan fingerprint density at radius 1 is 1.50 bits per heavy atom. The summed E-state index contributed by atoms with van der Waals surface area (Å²) >= 11 is 0. The molecule has 0 amide bonds. The minimum Gasteiger partial charge on any atom is -0.286 e. The number of hydrogen-bond acceptors (Lipinski definition) is 2.